The van der Waals surface area contributed by atoms with Gasteiger partial charge in [0.2, 0.25) is 0 Å². The maximum absolute atomic E-state index is 13.0. The van der Waals surface area contributed by atoms with Gasteiger partial charge in [0.25, 0.3) is 0 Å². The van der Waals surface area contributed by atoms with Crippen LogP contribution < -0.4 is 5.73 Å². The van der Waals surface area contributed by atoms with Crippen LogP contribution in [0, 0.1) is 5.82 Å². The van der Waals surface area contributed by atoms with Gasteiger partial charge in [-0.3, -0.25) is 0 Å². The van der Waals surface area contributed by atoms with Crippen LogP contribution in [0.5, 0.6) is 0 Å². The molecule has 2 aromatic rings. The zero-order valence-electron chi connectivity index (χ0n) is 8.24. The number of rotatable bonds is 3. The Balaban J connectivity index is 2.22. The second-order valence-electron chi connectivity index (χ2n) is 3.38. The van der Waals surface area contributed by atoms with E-state index in [9.17, 15) is 4.39 Å². The topological polar surface area (TPSA) is 26.0 Å². The molecule has 1 heterocycles. The van der Waals surface area contributed by atoms with E-state index < -0.39 is 0 Å². The summed E-state index contributed by atoms with van der Waals surface area (Å²) in [6, 6.07) is 8.75. The van der Waals surface area contributed by atoms with Crippen molar-refractivity contribution in [2.24, 2.45) is 5.73 Å². The molecule has 1 nitrogen and oxygen atoms in total. The van der Waals surface area contributed by atoms with E-state index in [1.54, 1.807) is 23.5 Å². The average Bonchev–Trinajstić information content (AvgIpc) is 2.65. The van der Waals surface area contributed by atoms with Crippen molar-refractivity contribution in [3.63, 3.8) is 0 Å². The predicted octanol–water partition coefficient (Wildman–Crippen LogP) is 2.94. The van der Waals surface area contributed by atoms with Crippen molar-refractivity contribution in [1.29, 1.82) is 0 Å². The number of halogens is 1. The number of hydrogen-bond acceptors (Lipinski definition) is 2. The third-order valence-corrected chi connectivity index (χ3v) is 3.29. The Hall–Kier alpha value is -1.19. The Bertz CT molecular complexity index is 450. The molecule has 0 saturated carbocycles. The molecule has 2 rings (SSSR count). The van der Waals surface area contributed by atoms with Gasteiger partial charge in [-0.15, -0.1) is 11.3 Å². The molecule has 3 heteroatoms. The first-order valence-corrected chi connectivity index (χ1v) is 5.67. The van der Waals surface area contributed by atoms with Gasteiger partial charge in [0.05, 0.1) is 0 Å². The molecule has 0 unspecified atom stereocenters. The number of thiophene rings is 1. The lowest BCUT2D eigenvalue weighted by molar-refractivity contribution is 0.626. The van der Waals surface area contributed by atoms with E-state index in [-0.39, 0.29) is 5.82 Å². The predicted molar refractivity (Wildman–Crippen MR) is 61.4 cm³/mol. The summed E-state index contributed by atoms with van der Waals surface area (Å²) in [5, 5.41) is 2.02. The van der Waals surface area contributed by atoms with E-state index >= 15 is 0 Å². The van der Waals surface area contributed by atoms with E-state index in [1.807, 2.05) is 11.4 Å². The van der Waals surface area contributed by atoms with E-state index in [0.29, 0.717) is 6.54 Å². The van der Waals surface area contributed by atoms with Crippen LogP contribution in [0.15, 0.2) is 35.7 Å². The van der Waals surface area contributed by atoms with E-state index in [4.69, 9.17) is 5.73 Å². The number of nitrogens with two attached hydrogens (primary N) is 1. The fourth-order valence-corrected chi connectivity index (χ4v) is 2.35. The third kappa shape index (κ3) is 2.43. The fourth-order valence-electron chi connectivity index (χ4n) is 1.57. The molecular formula is C12H12FNS. The Morgan fingerprint density at radius 2 is 2.13 bits per heavy atom. The summed E-state index contributed by atoms with van der Waals surface area (Å²) >= 11 is 1.65. The summed E-state index contributed by atoms with van der Waals surface area (Å²) in [6.07, 6.45) is 0.758. The van der Waals surface area contributed by atoms with Crippen molar-refractivity contribution >= 4 is 11.3 Å². The molecule has 0 spiro atoms. The normalized spacial score (nSPS) is 10.5. The fraction of sp³-hybridized carbons (Fsp3) is 0.167. The van der Waals surface area contributed by atoms with Crippen LogP contribution >= 0.6 is 11.3 Å². The van der Waals surface area contributed by atoms with Crippen molar-refractivity contribution < 1.29 is 4.39 Å². The highest BCUT2D eigenvalue weighted by Crippen LogP contribution is 2.19. The van der Waals surface area contributed by atoms with Crippen LogP contribution in [0.1, 0.15) is 16.0 Å². The highest BCUT2D eigenvalue weighted by atomic mass is 32.1. The molecule has 0 aliphatic rings. The van der Waals surface area contributed by atoms with Crippen LogP contribution in [0.25, 0.3) is 0 Å². The van der Waals surface area contributed by atoms with Gasteiger partial charge in [-0.25, -0.2) is 4.39 Å². The molecular weight excluding hydrogens is 209 g/mol. The van der Waals surface area contributed by atoms with Gasteiger partial charge in [-0.05, 0) is 41.1 Å². The molecule has 2 N–H and O–H groups in total. The van der Waals surface area contributed by atoms with Crippen molar-refractivity contribution in [2.45, 2.75) is 13.0 Å². The summed E-state index contributed by atoms with van der Waals surface area (Å²) in [5.74, 6) is -0.183. The molecule has 1 aromatic heterocycles. The Morgan fingerprint density at radius 1 is 1.27 bits per heavy atom. The number of benzene rings is 1. The molecule has 0 aliphatic heterocycles. The van der Waals surface area contributed by atoms with Gasteiger partial charge in [-0.1, -0.05) is 12.1 Å². The number of hydrogen-bond donors (Lipinski definition) is 1. The van der Waals surface area contributed by atoms with E-state index in [1.165, 1.54) is 16.5 Å². The molecule has 0 radical (unpaired) electrons. The summed E-state index contributed by atoms with van der Waals surface area (Å²) in [5.41, 5.74) is 7.81. The molecule has 0 bridgehead atoms. The molecule has 78 valence electrons. The molecule has 1 aromatic carbocycles. The Morgan fingerprint density at radius 3 is 2.87 bits per heavy atom. The quantitative estimate of drug-likeness (QED) is 0.847. The van der Waals surface area contributed by atoms with Crippen molar-refractivity contribution in [2.75, 3.05) is 0 Å². The molecule has 0 fully saturated rings. The van der Waals surface area contributed by atoms with Crippen molar-refractivity contribution in [1.82, 2.24) is 0 Å². The maximum atomic E-state index is 13.0. The summed E-state index contributed by atoms with van der Waals surface area (Å²) in [7, 11) is 0. The molecule has 0 atom stereocenters. The highest BCUT2D eigenvalue weighted by Gasteiger charge is 2.04. The first-order valence-electron chi connectivity index (χ1n) is 4.79. The van der Waals surface area contributed by atoms with E-state index in [0.717, 1.165) is 12.0 Å². The van der Waals surface area contributed by atoms with Crippen molar-refractivity contribution in [3.8, 4) is 0 Å². The lowest BCUT2D eigenvalue weighted by Crippen LogP contribution is -1.98. The lowest BCUT2D eigenvalue weighted by atomic mass is 10.1. The first-order chi connectivity index (χ1) is 7.29. The van der Waals surface area contributed by atoms with Gasteiger partial charge in [0, 0.05) is 11.4 Å². The molecule has 15 heavy (non-hydrogen) atoms. The van der Waals surface area contributed by atoms with Crippen LogP contribution in [0.3, 0.4) is 0 Å². The zero-order chi connectivity index (χ0) is 10.7. The van der Waals surface area contributed by atoms with E-state index in [2.05, 4.69) is 6.07 Å². The first kappa shape index (κ1) is 10.3. The van der Waals surface area contributed by atoms with Gasteiger partial charge >= 0.3 is 0 Å². The molecule has 0 saturated heterocycles. The van der Waals surface area contributed by atoms with Gasteiger partial charge in [-0.2, -0.15) is 0 Å². The minimum atomic E-state index is -0.183. The van der Waals surface area contributed by atoms with Gasteiger partial charge in [0.15, 0.2) is 0 Å². The SMILES string of the molecule is NCc1sccc1Cc1cccc(F)c1. The molecule has 0 aliphatic carbocycles. The standard InChI is InChI=1S/C12H12FNS/c13-11-3-1-2-9(7-11)6-10-4-5-15-12(10)8-14/h1-5,7H,6,8,14H2. The van der Waals surface area contributed by atoms with Crippen LogP contribution in [0.2, 0.25) is 0 Å². The zero-order valence-corrected chi connectivity index (χ0v) is 9.06. The monoisotopic (exact) mass is 221 g/mol. The summed E-state index contributed by atoms with van der Waals surface area (Å²) < 4.78 is 13.0. The van der Waals surface area contributed by atoms with Gasteiger partial charge < -0.3 is 5.73 Å². The van der Waals surface area contributed by atoms with Crippen LogP contribution in [-0.4, -0.2) is 0 Å². The van der Waals surface area contributed by atoms with Crippen LogP contribution in [0.4, 0.5) is 4.39 Å². The Labute approximate surface area is 92.4 Å². The smallest absolute Gasteiger partial charge is 0.123 e. The largest absolute Gasteiger partial charge is 0.326 e. The minimum absolute atomic E-state index is 0.183. The van der Waals surface area contributed by atoms with Crippen molar-refractivity contribution in [3.05, 3.63) is 57.5 Å². The second-order valence-corrected chi connectivity index (χ2v) is 4.38. The van der Waals surface area contributed by atoms with Crippen LogP contribution in [-0.2, 0) is 13.0 Å². The molecule has 0 amide bonds. The van der Waals surface area contributed by atoms with Gasteiger partial charge in [0.1, 0.15) is 5.82 Å². The Kier molecular flexibility index (Phi) is 3.14. The summed E-state index contributed by atoms with van der Waals surface area (Å²) in [6.45, 7) is 0.558. The lowest BCUT2D eigenvalue weighted by Gasteiger charge is -2.02. The third-order valence-electron chi connectivity index (χ3n) is 2.31. The highest BCUT2D eigenvalue weighted by molar-refractivity contribution is 7.10. The summed E-state index contributed by atoms with van der Waals surface area (Å²) in [4.78, 5) is 1.18. The second kappa shape index (κ2) is 4.55. The minimum Gasteiger partial charge on any atom is -0.326 e. The average molecular weight is 221 g/mol. The maximum Gasteiger partial charge on any atom is 0.123 e.